The molecule has 0 spiro atoms. The Morgan fingerprint density at radius 3 is 1.43 bits per heavy atom. The van der Waals surface area contributed by atoms with Gasteiger partial charge in [-0.3, -0.25) is 0 Å². The zero-order valence-electron chi connectivity index (χ0n) is 14.9. The highest BCUT2D eigenvalue weighted by Crippen LogP contribution is 2.23. The molecule has 2 aromatic rings. The predicted molar refractivity (Wildman–Crippen MR) is 106 cm³/mol. The summed E-state index contributed by atoms with van der Waals surface area (Å²) in [4.78, 5) is 0. The molecule has 0 amide bonds. The fourth-order valence-corrected chi connectivity index (χ4v) is 11.6. The van der Waals surface area contributed by atoms with Gasteiger partial charge in [-0.15, -0.1) is 0 Å². The molecule has 0 fully saturated rings. The van der Waals surface area contributed by atoms with Crippen molar-refractivity contribution in [3.63, 3.8) is 0 Å². The molecule has 0 radical (unpaired) electrons. The van der Waals surface area contributed by atoms with E-state index in [-0.39, 0.29) is 0 Å². The number of hydrogen-bond donors (Lipinski definition) is 0. The lowest BCUT2D eigenvalue weighted by molar-refractivity contribution is 0.540. The predicted octanol–water partition coefficient (Wildman–Crippen LogP) is 4.83. The minimum atomic E-state index is -1.30. The number of rotatable bonds is 8. The van der Waals surface area contributed by atoms with E-state index in [1.54, 1.807) is 0 Å². The summed E-state index contributed by atoms with van der Waals surface area (Å²) in [6.45, 7) is 9.36. The van der Waals surface area contributed by atoms with Crippen molar-refractivity contribution < 1.29 is 4.12 Å². The van der Waals surface area contributed by atoms with Crippen LogP contribution in [0.4, 0.5) is 0 Å². The average Bonchev–Trinajstić information content (AvgIpc) is 2.53. The van der Waals surface area contributed by atoms with Crippen molar-refractivity contribution in [3.05, 3.63) is 71.8 Å². The molecule has 0 aliphatic carbocycles. The molecule has 2 rings (SSSR count). The fourth-order valence-electron chi connectivity index (χ4n) is 3.23. The fraction of sp³-hybridized carbons (Fsp3) is 0.400. The molecule has 23 heavy (non-hydrogen) atoms. The molecule has 0 unspecified atom stereocenters. The number of hydrogen-bond acceptors (Lipinski definition) is 1. The first-order valence-corrected chi connectivity index (χ1v) is 12.7. The SMILES string of the molecule is CC(C)[SiH](O[SiH](Cc1ccccc1)Cc1ccccc1)C(C)C. The minimum Gasteiger partial charge on any atom is -0.459 e. The first-order chi connectivity index (χ1) is 11.1. The first kappa shape index (κ1) is 18.2. The largest absolute Gasteiger partial charge is 0.459 e. The van der Waals surface area contributed by atoms with E-state index in [1.165, 1.54) is 11.1 Å². The van der Waals surface area contributed by atoms with E-state index < -0.39 is 18.1 Å². The van der Waals surface area contributed by atoms with Gasteiger partial charge in [0, 0.05) is 0 Å². The normalized spacial score (nSPS) is 11.8. The topological polar surface area (TPSA) is 9.23 Å². The van der Waals surface area contributed by atoms with Gasteiger partial charge in [-0.1, -0.05) is 88.4 Å². The molecule has 0 aromatic heterocycles. The van der Waals surface area contributed by atoms with Gasteiger partial charge < -0.3 is 4.12 Å². The van der Waals surface area contributed by atoms with Gasteiger partial charge in [0.2, 0.25) is 0 Å². The van der Waals surface area contributed by atoms with Crippen LogP contribution in [0.1, 0.15) is 38.8 Å². The van der Waals surface area contributed by atoms with Crippen molar-refractivity contribution in [2.24, 2.45) is 0 Å². The summed E-state index contributed by atoms with van der Waals surface area (Å²) in [7, 11) is -2.45. The Balaban J connectivity index is 2.13. The molecule has 1 nitrogen and oxygen atoms in total. The smallest absolute Gasteiger partial charge is 0.171 e. The Morgan fingerprint density at radius 1 is 0.696 bits per heavy atom. The maximum absolute atomic E-state index is 6.86. The molecule has 0 heterocycles. The lowest BCUT2D eigenvalue weighted by atomic mass is 10.2. The Hall–Kier alpha value is -1.17. The maximum atomic E-state index is 6.86. The molecular weight excluding hydrogens is 312 g/mol. The van der Waals surface area contributed by atoms with Crippen LogP contribution < -0.4 is 0 Å². The van der Waals surface area contributed by atoms with Gasteiger partial charge in [0.15, 0.2) is 18.1 Å². The van der Waals surface area contributed by atoms with Crippen LogP contribution in [0.2, 0.25) is 11.1 Å². The molecule has 0 aliphatic heterocycles. The third-order valence-electron chi connectivity index (χ3n) is 4.28. The molecule has 2 aromatic carbocycles. The van der Waals surface area contributed by atoms with Crippen LogP contribution in [0.5, 0.6) is 0 Å². The van der Waals surface area contributed by atoms with Gasteiger partial charge in [0.25, 0.3) is 0 Å². The van der Waals surface area contributed by atoms with Gasteiger partial charge >= 0.3 is 0 Å². The highest BCUT2D eigenvalue weighted by Gasteiger charge is 2.25. The Bertz CT molecular complexity index is 505. The summed E-state index contributed by atoms with van der Waals surface area (Å²) >= 11 is 0. The second-order valence-electron chi connectivity index (χ2n) is 7.09. The molecule has 0 saturated heterocycles. The molecule has 0 aliphatic rings. The average molecular weight is 343 g/mol. The first-order valence-electron chi connectivity index (χ1n) is 8.79. The van der Waals surface area contributed by atoms with E-state index in [0.29, 0.717) is 11.1 Å². The highest BCUT2D eigenvalue weighted by atomic mass is 28.4. The maximum Gasteiger partial charge on any atom is 0.171 e. The zero-order chi connectivity index (χ0) is 16.7. The van der Waals surface area contributed by atoms with Gasteiger partial charge in [0.1, 0.15) is 0 Å². The zero-order valence-corrected chi connectivity index (χ0v) is 17.2. The van der Waals surface area contributed by atoms with Crippen molar-refractivity contribution in [2.75, 3.05) is 0 Å². The van der Waals surface area contributed by atoms with Gasteiger partial charge in [-0.05, 0) is 34.3 Å². The third kappa shape index (κ3) is 6.09. The highest BCUT2D eigenvalue weighted by molar-refractivity contribution is 6.67. The van der Waals surface area contributed by atoms with Crippen molar-refractivity contribution in [1.82, 2.24) is 0 Å². The Labute approximate surface area is 145 Å². The second-order valence-corrected chi connectivity index (χ2v) is 13.8. The molecule has 124 valence electrons. The summed E-state index contributed by atoms with van der Waals surface area (Å²) in [6, 6.07) is 24.0. The lowest BCUT2D eigenvalue weighted by Gasteiger charge is -2.29. The van der Waals surface area contributed by atoms with Crippen molar-refractivity contribution in [1.29, 1.82) is 0 Å². The molecule has 0 saturated carbocycles. The van der Waals surface area contributed by atoms with Crippen LogP contribution in [-0.4, -0.2) is 18.1 Å². The number of benzene rings is 2. The summed E-state index contributed by atoms with van der Waals surface area (Å²) in [5.41, 5.74) is 4.27. The van der Waals surface area contributed by atoms with Crippen LogP contribution in [0.25, 0.3) is 0 Å². The van der Waals surface area contributed by atoms with E-state index in [1.807, 2.05) is 0 Å². The molecule has 3 heteroatoms. The summed E-state index contributed by atoms with van der Waals surface area (Å²) in [6.07, 6.45) is 0. The van der Waals surface area contributed by atoms with E-state index in [2.05, 4.69) is 88.4 Å². The standard InChI is InChI=1S/C20H30OSi2/c1-17(2)23(18(3)4)21-22(15-19-11-7-5-8-12-19)16-20-13-9-6-10-14-20/h5-14,17-18,22-23H,15-16H2,1-4H3. The van der Waals surface area contributed by atoms with Crippen LogP contribution in [0.3, 0.4) is 0 Å². The van der Waals surface area contributed by atoms with Crippen LogP contribution >= 0.6 is 0 Å². The van der Waals surface area contributed by atoms with Crippen LogP contribution in [-0.2, 0) is 16.2 Å². The van der Waals surface area contributed by atoms with Crippen molar-refractivity contribution >= 4 is 18.1 Å². The molecular formula is C20H30OSi2. The van der Waals surface area contributed by atoms with Crippen molar-refractivity contribution in [3.8, 4) is 0 Å². The third-order valence-corrected chi connectivity index (χ3v) is 11.6. The molecule has 0 N–H and O–H groups in total. The van der Waals surface area contributed by atoms with Gasteiger partial charge in [0.05, 0.1) is 0 Å². The lowest BCUT2D eigenvalue weighted by Crippen LogP contribution is -2.37. The second kappa shape index (κ2) is 9.21. The molecule has 0 bridgehead atoms. The van der Waals surface area contributed by atoms with E-state index in [9.17, 15) is 0 Å². The Kier molecular flexibility index (Phi) is 7.28. The van der Waals surface area contributed by atoms with E-state index in [0.717, 1.165) is 12.1 Å². The monoisotopic (exact) mass is 342 g/mol. The molecule has 0 atom stereocenters. The van der Waals surface area contributed by atoms with Crippen LogP contribution in [0, 0.1) is 0 Å². The quantitative estimate of drug-likeness (QED) is 0.624. The summed E-state index contributed by atoms with van der Waals surface area (Å²) < 4.78 is 6.86. The van der Waals surface area contributed by atoms with E-state index in [4.69, 9.17) is 4.12 Å². The summed E-state index contributed by atoms with van der Waals surface area (Å²) in [5.74, 6) is 0. The van der Waals surface area contributed by atoms with Gasteiger partial charge in [-0.2, -0.15) is 0 Å². The minimum absolute atomic E-state index is 0.705. The Morgan fingerprint density at radius 2 is 1.09 bits per heavy atom. The van der Waals surface area contributed by atoms with Gasteiger partial charge in [-0.25, -0.2) is 0 Å². The summed E-state index contributed by atoms with van der Waals surface area (Å²) in [5, 5.41) is 0. The van der Waals surface area contributed by atoms with Crippen LogP contribution in [0.15, 0.2) is 60.7 Å². The van der Waals surface area contributed by atoms with E-state index >= 15 is 0 Å². The van der Waals surface area contributed by atoms with Crippen molar-refractivity contribution in [2.45, 2.75) is 50.9 Å².